The Kier molecular flexibility index (Phi) is 5.68. The Morgan fingerprint density at radius 1 is 1.09 bits per heavy atom. The van der Waals surface area contributed by atoms with Crippen LogP contribution < -0.4 is 25.2 Å². The van der Waals surface area contributed by atoms with Crippen LogP contribution in [-0.4, -0.2) is 46.7 Å². The van der Waals surface area contributed by atoms with Gasteiger partial charge in [-0.05, 0) is 37.1 Å². The molecule has 1 fully saturated rings. The summed E-state index contributed by atoms with van der Waals surface area (Å²) in [6.45, 7) is 2.23. The van der Waals surface area contributed by atoms with E-state index in [1.807, 2.05) is 29.2 Å². The summed E-state index contributed by atoms with van der Waals surface area (Å²) in [5.41, 5.74) is 1.95. The summed E-state index contributed by atoms with van der Waals surface area (Å²) in [6, 6.07) is 10.6. The Bertz CT molecular complexity index is 1230. The van der Waals surface area contributed by atoms with Gasteiger partial charge in [0.1, 0.15) is 13.2 Å². The van der Waals surface area contributed by atoms with E-state index in [1.165, 1.54) is 10.6 Å². The molecule has 1 saturated heterocycles. The van der Waals surface area contributed by atoms with Crippen molar-refractivity contribution in [3.63, 3.8) is 0 Å². The van der Waals surface area contributed by atoms with Crippen molar-refractivity contribution in [2.24, 2.45) is 13.0 Å². The van der Waals surface area contributed by atoms with Gasteiger partial charge in [-0.15, -0.1) is 0 Å². The number of carbonyl (C=O) groups excluding carboxylic acids is 1. The molecule has 1 atom stereocenters. The second kappa shape index (κ2) is 8.93. The highest BCUT2D eigenvalue weighted by molar-refractivity contribution is 5.93. The Labute approximate surface area is 191 Å². The number of benzene rings is 1. The number of ether oxygens (including phenoxy) is 2. The normalized spacial score (nSPS) is 17.5. The van der Waals surface area contributed by atoms with E-state index in [0.29, 0.717) is 48.6 Å². The summed E-state index contributed by atoms with van der Waals surface area (Å²) in [5.74, 6) is 1.59. The molecule has 1 aromatic carbocycles. The number of pyridine rings is 1. The molecule has 0 aliphatic carbocycles. The lowest BCUT2D eigenvalue weighted by Crippen LogP contribution is -2.43. The fourth-order valence-electron chi connectivity index (χ4n) is 4.22. The fraction of sp³-hybridized carbons (Fsp3) is 0.333. The molecular weight excluding hydrogens is 422 g/mol. The second-order valence-corrected chi connectivity index (χ2v) is 8.21. The molecule has 2 aliphatic heterocycles. The number of hydrogen-bond acceptors (Lipinski definition) is 7. The number of hydrogen-bond donors (Lipinski definition) is 1. The molecule has 9 nitrogen and oxygen atoms in total. The van der Waals surface area contributed by atoms with Gasteiger partial charge < -0.3 is 19.7 Å². The van der Waals surface area contributed by atoms with Crippen LogP contribution in [0.4, 0.5) is 11.6 Å². The van der Waals surface area contributed by atoms with E-state index in [-0.39, 0.29) is 17.4 Å². The summed E-state index contributed by atoms with van der Waals surface area (Å²) in [6.07, 6.45) is 4.94. The predicted octanol–water partition coefficient (Wildman–Crippen LogP) is 2.47. The van der Waals surface area contributed by atoms with Gasteiger partial charge in [0, 0.05) is 55.9 Å². The number of piperidine rings is 1. The monoisotopic (exact) mass is 447 g/mol. The molecule has 1 amide bonds. The minimum absolute atomic E-state index is 0.0633. The first kappa shape index (κ1) is 21.0. The van der Waals surface area contributed by atoms with Crippen LogP contribution in [0, 0.1) is 5.92 Å². The molecule has 5 rings (SSSR count). The number of amides is 1. The molecule has 0 radical (unpaired) electrons. The van der Waals surface area contributed by atoms with Gasteiger partial charge in [0.2, 0.25) is 11.9 Å². The number of carbonyl (C=O) groups is 1. The number of aromatic nitrogens is 3. The van der Waals surface area contributed by atoms with E-state index in [9.17, 15) is 9.59 Å². The van der Waals surface area contributed by atoms with E-state index in [2.05, 4.69) is 10.3 Å². The Morgan fingerprint density at radius 2 is 1.88 bits per heavy atom. The third kappa shape index (κ3) is 4.39. The molecule has 170 valence electrons. The lowest BCUT2D eigenvalue weighted by molar-refractivity contribution is -0.120. The van der Waals surface area contributed by atoms with Crippen LogP contribution in [0.25, 0.3) is 11.3 Å². The summed E-state index contributed by atoms with van der Waals surface area (Å²) < 4.78 is 12.7. The van der Waals surface area contributed by atoms with Gasteiger partial charge in [0.05, 0.1) is 11.6 Å². The number of nitrogens with zero attached hydrogens (tertiary/aromatic N) is 4. The maximum Gasteiger partial charge on any atom is 0.255 e. The zero-order valence-electron chi connectivity index (χ0n) is 18.4. The van der Waals surface area contributed by atoms with Crippen LogP contribution in [0.15, 0.2) is 53.6 Å². The van der Waals surface area contributed by atoms with Crippen molar-refractivity contribution in [1.82, 2.24) is 14.5 Å². The quantitative estimate of drug-likeness (QED) is 0.656. The summed E-state index contributed by atoms with van der Waals surface area (Å²) in [5, 5.41) is 3.00. The smallest absolute Gasteiger partial charge is 0.255 e. The van der Waals surface area contributed by atoms with Crippen molar-refractivity contribution in [3.8, 4) is 22.8 Å². The molecule has 2 aromatic heterocycles. The minimum atomic E-state index is -0.228. The molecule has 4 heterocycles. The van der Waals surface area contributed by atoms with Gasteiger partial charge in [-0.2, -0.15) is 0 Å². The van der Waals surface area contributed by atoms with Gasteiger partial charge in [0.25, 0.3) is 5.56 Å². The number of anilines is 2. The molecule has 1 N–H and O–H groups in total. The van der Waals surface area contributed by atoms with Crippen molar-refractivity contribution in [2.75, 3.05) is 36.5 Å². The zero-order valence-corrected chi connectivity index (χ0v) is 18.4. The highest BCUT2D eigenvalue weighted by Crippen LogP contribution is 2.33. The highest BCUT2D eigenvalue weighted by atomic mass is 16.6. The number of nitrogens with one attached hydrogen (secondary N) is 1. The Hall–Kier alpha value is -3.88. The maximum atomic E-state index is 13.0. The molecule has 9 heteroatoms. The molecule has 0 saturated carbocycles. The highest BCUT2D eigenvalue weighted by Gasteiger charge is 2.28. The average molecular weight is 447 g/mol. The van der Waals surface area contributed by atoms with Crippen LogP contribution >= 0.6 is 0 Å². The molecule has 3 aromatic rings. The van der Waals surface area contributed by atoms with Crippen LogP contribution in [-0.2, 0) is 11.8 Å². The first-order chi connectivity index (χ1) is 16.1. The van der Waals surface area contributed by atoms with Gasteiger partial charge >= 0.3 is 0 Å². The first-order valence-corrected chi connectivity index (χ1v) is 11.0. The largest absolute Gasteiger partial charge is 0.486 e. The third-order valence-corrected chi connectivity index (χ3v) is 5.97. The van der Waals surface area contributed by atoms with Crippen molar-refractivity contribution in [3.05, 3.63) is 59.1 Å². The molecule has 1 unspecified atom stereocenters. The SMILES string of the molecule is Cn1c(N2CCCC(C(=O)Nc3ccc4c(c3)OCCO4)C2)nc(-c2ccncc2)cc1=O. The zero-order chi connectivity index (χ0) is 22.8. The first-order valence-electron chi connectivity index (χ1n) is 11.0. The summed E-state index contributed by atoms with van der Waals surface area (Å²) >= 11 is 0. The molecular formula is C24H25N5O4. The number of fused-ring (bicyclic) bond motifs is 1. The Balaban J connectivity index is 1.34. The van der Waals surface area contributed by atoms with Gasteiger partial charge in [-0.3, -0.25) is 19.1 Å². The second-order valence-electron chi connectivity index (χ2n) is 8.21. The van der Waals surface area contributed by atoms with Crippen LogP contribution in [0.1, 0.15) is 12.8 Å². The van der Waals surface area contributed by atoms with Gasteiger partial charge in [-0.1, -0.05) is 0 Å². The topological polar surface area (TPSA) is 98.6 Å². The van der Waals surface area contributed by atoms with Crippen LogP contribution in [0.5, 0.6) is 11.5 Å². The van der Waals surface area contributed by atoms with Crippen LogP contribution in [0.2, 0.25) is 0 Å². The minimum Gasteiger partial charge on any atom is -0.486 e. The van der Waals surface area contributed by atoms with Crippen LogP contribution in [0.3, 0.4) is 0 Å². The lowest BCUT2D eigenvalue weighted by Gasteiger charge is -2.33. The van der Waals surface area contributed by atoms with E-state index < -0.39 is 0 Å². The van der Waals surface area contributed by atoms with E-state index >= 15 is 0 Å². The van der Waals surface area contributed by atoms with E-state index in [1.54, 1.807) is 25.5 Å². The van der Waals surface area contributed by atoms with Gasteiger partial charge in [0.15, 0.2) is 11.5 Å². The average Bonchev–Trinajstić information content (AvgIpc) is 2.86. The Morgan fingerprint density at radius 3 is 2.70 bits per heavy atom. The van der Waals surface area contributed by atoms with Crippen molar-refractivity contribution < 1.29 is 14.3 Å². The predicted molar refractivity (Wildman–Crippen MR) is 124 cm³/mol. The molecule has 2 aliphatic rings. The fourth-order valence-corrected chi connectivity index (χ4v) is 4.22. The standard InChI is InChI=1S/C24H25N5O4/c1-28-22(30)14-19(16-6-8-25-9-7-16)27-24(28)29-10-2-3-17(15-29)23(31)26-18-4-5-20-21(13-18)33-12-11-32-20/h4-9,13-14,17H,2-3,10-12,15H2,1H3,(H,26,31). The molecule has 0 spiro atoms. The van der Waals surface area contributed by atoms with Crippen molar-refractivity contribution in [1.29, 1.82) is 0 Å². The summed E-state index contributed by atoms with van der Waals surface area (Å²) in [4.78, 5) is 36.5. The lowest BCUT2D eigenvalue weighted by atomic mass is 9.97. The van der Waals surface area contributed by atoms with Crippen molar-refractivity contribution in [2.45, 2.75) is 12.8 Å². The van der Waals surface area contributed by atoms with Gasteiger partial charge in [-0.25, -0.2) is 4.98 Å². The van der Waals surface area contributed by atoms with E-state index in [0.717, 1.165) is 24.9 Å². The number of rotatable bonds is 4. The maximum absolute atomic E-state index is 13.0. The molecule has 0 bridgehead atoms. The summed E-state index contributed by atoms with van der Waals surface area (Å²) in [7, 11) is 1.71. The third-order valence-electron chi connectivity index (χ3n) is 5.97. The van der Waals surface area contributed by atoms with E-state index in [4.69, 9.17) is 14.5 Å². The molecule has 33 heavy (non-hydrogen) atoms. The van der Waals surface area contributed by atoms with Crippen molar-refractivity contribution >= 4 is 17.5 Å².